The highest BCUT2D eigenvalue weighted by atomic mass is 16.2. The maximum absolute atomic E-state index is 12.6. The van der Waals surface area contributed by atoms with Crippen molar-refractivity contribution in [2.24, 2.45) is 5.92 Å². The van der Waals surface area contributed by atoms with Crippen LogP contribution in [0.5, 0.6) is 0 Å². The molecule has 1 aromatic carbocycles. The van der Waals surface area contributed by atoms with Crippen molar-refractivity contribution < 1.29 is 9.59 Å². The van der Waals surface area contributed by atoms with E-state index in [1.165, 1.54) is 4.90 Å². The van der Waals surface area contributed by atoms with Crippen LogP contribution in [0.15, 0.2) is 54.4 Å². The number of nitrogens with one attached hydrogen (secondary N) is 2. The minimum atomic E-state index is -0.372. The molecule has 1 aromatic rings. The fraction of sp³-hybridized carbons (Fsp3) is 0.294. The molecule has 0 bridgehead atoms. The van der Waals surface area contributed by atoms with Crippen LogP contribution in [0.2, 0.25) is 0 Å². The van der Waals surface area contributed by atoms with E-state index in [9.17, 15) is 9.59 Å². The van der Waals surface area contributed by atoms with Gasteiger partial charge in [-0.3, -0.25) is 9.59 Å². The lowest BCUT2D eigenvalue weighted by Gasteiger charge is -2.31. The zero-order chi connectivity index (χ0) is 15.7. The monoisotopic (exact) mass is 297 g/mol. The molecular weight excluding hydrogens is 278 g/mol. The van der Waals surface area contributed by atoms with Gasteiger partial charge < -0.3 is 15.5 Å². The fourth-order valence-electron chi connectivity index (χ4n) is 2.88. The lowest BCUT2D eigenvalue weighted by Crippen LogP contribution is -2.49. The van der Waals surface area contributed by atoms with Crippen molar-refractivity contribution >= 4 is 11.8 Å². The molecule has 5 nitrogen and oxygen atoms in total. The molecule has 0 aromatic heterocycles. The van der Waals surface area contributed by atoms with Gasteiger partial charge in [0.1, 0.15) is 6.04 Å². The fourth-order valence-corrected chi connectivity index (χ4v) is 2.88. The highest BCUT2D eigenvalue weighted by molar-refractivity contribution is 5.99. The molecular formula is C17H19N3O2. The third kappa shape index (κ3) is 2.50. The number of hydrogen-bond acceptors (Lipinski definition) is 3. The van der Waals surface area contributed by atoms with Gasteiger partial charge in [0.2, 0.25) is 11.8 Å². The van der Waals surface area contributed by atoms with Crippen molar-refractivity contribution in [1.29, 1.82) is 0 Å². The van der Waals surface area contributed by atoms with Crippen LogP contribution in [0.3, 0.4) is 0 Å². The molecule has 2 unspecified atom stereocenters. The van der Waals surface area contributed by atoms with Gasteiger partial charge in [0.15, 0.2) is 0 Å². The summed E-state index contributed by atoms with van der Waals surface area (Å²) in [5.41, 5.74) is 1.66. The molecule has 3 rings (SSSR count). The summed E-state index contributed by atoms with van der Waals surface area (Å²) in [4.78, 5) is 26.1. The minimum absolute atomic E-state index is 0.0253. The summed E-state index contributed by atoms with van der Waals surface area (Å²) < 4.78 is 0. The number of likely N-dealkylation sites (N-methyl/N-ethyl adjacent to an activating group) is 1. The van der Waals surface area contributed by atoms with E-state index in [0.717, 1.165) is 5.56 Å². The SMILES string of the molecule is C[C@H](NC(=O)C1=CN(C)C(=O)C2NC=CC12)c1ccccc1. The molecule has 2 aliphatic rings. The van der Waals surface area contributed by atoms with Crippen LogP contribution >= 0.6 is 0 Å². The summed E-state index contributed by atoms with van der Waals surface area (Å²) in [6.07, 6.45) is 5.25. The van der Waals surface area contributed by atoms with Crippen molar-refractivity contribution in [3.8, 4) is 0 Å². The van der Waals surface area contributed by atoms with Gasteiger partial charge in [0, 0.05) is 24.7 Å². The van der Waals surface area contributed by atoms with Gasteiger partial charge in [-0.1, -0.05) is 36.4 Å². The highest BCUT2D eigenvalue weighted by Gasteiger charge is 2.39. The summed E-state index contributed by atoms with van der Waals surface area (Å²) in [5, 5.41) is 6.02. The summed E-state index contributed by atoms with van der Waals surface area (Å²) in [6.45, 7) is 1.95. The molecule has 0 saturated heterocycles. The Morgan fingerprint density at radius 1 is 1.32 bits per heavy atom. The molecule has 2 N–H and O–H groups in total. The number of amides is 2. The third-order valence-electron chi connectivity index (χ3n) is 4.15. The predicted molar refractivity (Wildman–Crippen MR) is 83.4 cm³/mol. The lowest BCUT2D eigenvalue weighted by atomic mass is 9.89. The van der Waals surface area contributed by atoms with E-state index < -0.39 is 0 Å². The Labute approximate surface area is 129 Å². The second-order valence-corrected chi connectivity index (χ2v) is 5.67. The van der Waals surface area contributed by atoms with E-state index in [-0.39, 0.29) is 29.8 Å². The first kappa shape index (κ1) is 14.4. The first-order valence-corrected chi connectivity index (χ1v) is 7.35. The molecule has 0 aliphatic carbocycles. The van der Waals surface area contributed by atoms with E-state index >= 15 is 0 Å². The molecule has 0 radical (unpaired) electrons. The molecule has 0 spiro atoms. The van der Waals surface area contributed by atoms with Crippen molar-refractivity contribution in [2.45, 2.75) is 19.0 Å². The van der Waals surface area contributed by atoms with Gasteiger partial charge in [0.25, 0.3) is 0 Å². The van der Waals surface area contributed by atoms with Crippen molar-refractivity contribution in [1.82, 2.24) is 15.5 Å². The summed E-state index contributed by atoms with van der Waals surface area (Å²) in [5.74, 6) is -0.367. The molecule has 5 heteroatoms. The first-order valence-electron chi connectivity index (χ1n) is 7.35. The average molecular weight is 297 g/mol. The molecule has 0 saturated carbocycles. The normalized spacial score (nSPS) is 24.4. The first-order chi connectivity index (χ1) is 10.6. The van der Waals surface area contributed by atoms with E-state index in [0.29, 0.717) is 5.57 Å². The van der Waals surface area contributed by atoms with Crippen LogP contribution in [0.1, 0.15) is 18.5 Å². The maximum Gasteiger partial charge on any atom is 0.249 e. The zero-order valence-corrected chi connectivity index (χ0v) is 12.6. The summed E-state index contributed by atoms with van der Waals surface area (Å²) in [7, 11) is 1.67. The van der Waals surface area contributed by atoms with Crippen LogP contribution in [-0.4, -0.2) is 29.8 Å². The molecule has 2 aliphatic heterocycles. The van der Waals surface area contributed by atoms with E-state index in [4.69, 9.17) is 0 Å². The number of benzene rings is 1. The van der Waals surface area contributed by atoms with Crippen LogP contribution < -0.4 is 10.6 Å². The van der Waals surface area contributed by atoms with E-state index in [1.54, 1.807) is 19.4 Å². The summed E-state index contributed by atoms with van der Waals surface area (Å²) >= 11 is 0. The largest absolute Gasteiger partial charge is 0.379 e. The van der Waals surface area contributed by atoms with E-state index in [2.05, 4.69) is 10.6 Å². The Hall–Kier alpha value is -2.56. The predicted octanol–water partition coefficient (Wildman–Crippen LogP) is 1.32. The number of carbonyl (C=O) groups is 2. The summed E-state index contributed by atoms with van der Waals surface area (Å²) in [6, 6.07) is 9.35. The second-order valence-electron chi connectivity index (χ2n) is 5.67. The third-order valence-corrected chi connectivity index (χ3v) is 4.15. The van der Waals surface area contributed by atoms with Crippen LogP contribution in [0, 0.1) is 5.92 Å². The molecule has 0 fully saturated rings. The van der Waals surface area contributed by atoms with Gasteiger partial charge >= 0.3 is 0 Å². The Balaban J connectivity index is 1.78. The van der Waals surface area contributed by atoms with Gasteiger partial charge in [0.05, 0.1) is 6.04 Å². The Morgan fingerprint density at radius 2 is 2.05 bits per heavy atom. The van der Waals surface area contributed by atoms with Crippen LogP contribution in [0.25, 0.3) is 0 Å². The Bertz CT molecular complexity index is 651. The van der Waals surface area contributed by atoms with Gasteiger partial charge in [-0.25, -0.2) is 0 Å². The topological polar surface area (TPSA) is 61.4 Å². The van der Waals surface area contributed by atoms with Crippen LogP contribution in [-0.2, 0) is 9.59 Å². The molecule has 114 valence electrons. The number of carbonyl (C=O) groups excluding carboxylic acids is 2. The molecule has 2 heterocycles. The average Bonchev–Trinajstić information content (AvgIpc) is 3.01. The van der Waals surface area contributed by atoms with E-state index in [1.807, 2.05) is 43.3 Å². The van der Waals surface area contributed by atoms with Crippen LogP contribution in [0.4, 0.5) is 0 Å². The van der Waals surface area contributed by atoms with Crippen molar-refractivity contribution in [3.05, 3.63) is 59.9 Å². The lowest BCUT2D eigenvalue weighted by molar-refractivity contribution is -0.131. The Morgan fingerprint density at radius 3 is 2.77 bits per heavy atom. The maximum atomic E-state index is 12.6. The minimum Gasteiger partial charge on any atom is -0.379 e. The molecule has 2 amide bonds. The quantitative estimate of drug-likeness (QED) is 0.884. The molecule has 22 heavy (non-hydrogen) atoms. The van der Waals surface area contributed by atoms with Crippen molar-refractivity contribution in [3.63, 3.8) is 0 Å². The smallest absolute Gasteiger partial charge is 0.249 e. The number of hydrogen-bond donors (Lipinski definition) is 2. The van der Waals surface area contributed by atoms with Gasteiger partial charge in [-0.05, 0) is 18.7 Å². The number of rotatable bonds is 3. The standard InChI is InChI=1S/C17H19N3O2/c1-11(12-6-4-3-5-7-12)19-16(21)14-10-20(2)17(22)15-13(14)8-9-18-15/h3-11,13,15,18H,1-2H3,(H,19,21)/t11-,13?,15?/m0/s1. The second kappa shape index (κ2) is 5.67. The highest BCUT2D eigenvalue weighted by Crippen LogP contribution is 2.28. The Kier molecular flexibility index (Phi) is 3.71. The molecule has 3 atom stereocenters. The van der Waals surface area contributed by atoms with Gasteiger partial charge in [-0.15, -0.1) is 0 Å². The number of nitrogens with zero attached hydrogens (tertiary/aromatic N) is 1. The zero-order valence-electron chi connectivity index (χ0n) is 12.6. The van der Waals surface area contributed by atoms with Crippen molar-refractivity contribution in [2.75, 3.05) is 7.05 Å². The van der Waals surface area contributed by atoms with Gasteiger partial charge in [-0.2, -0.15) is 0 Å². The number of fused-ring (bicyclic) bond motifs is 1.